The molecule has 0 aromatic heterocycles. The molecule has 2 heterocycles. The zero-order chi connectivity index (χ0) is 23.1. The van der Waals surface area contributed by atoms with Crippen LogP contribution in [0.5, 0.6) is 0 Å². The van der Waals surface area contributed by atoms with E-state index in [2.05, 4.69) is 5.32 Å². The number of carbonyl (C=O) groups is 3. The van der Waals surface area contributed by atoms with Gasteiger partial charge in [-0.25, -0.2) is 0 Å². The second-order valence-corrected chi connectivity index (χ2v) is 9.63. The van der Waals surface area contributed by atoms with E-state index < -0.39 is 6.04 Å². The molecule has 1 saturated heterocycles. The number of benzene rings is 2. The molecule has 172 valence electrons. The van der Waals surface area contributed by atoms with Gasteiger partial charge in [0.2, 0.25) is 17.7 Å². The van der Waals surface area contributed by atoms with Gasteiger partial charge in [-0.3, -0.25) is 19.3 Å². The van der Waals surface area contributed by atoms with Crippen LogP contribution in [-0.4, -0.2) is 34.7 Å². The third-order valence-electron chi connectivity index (χ3n) is 7.56. The first-order valence-electron chi connectivity index (χ1n) is 12.1. The van der Waals surface area contributed by atoms with Gasteiger partial charge in [0.1, 0.15) is 6.04 Å². The van der Waals surface area contributed by atoms with Crippen molar-refractivity contribution in [2.24, 2.45) is 11.8 Å². The molecule has 0 radical (unpaired) electrons. The first kappa shape index (κ1) is 21.7. The molecule has 6 heteroatoms. The number of hydrogen-bond donors (Lipinski definition) is 1. The largest absolute Gasteiger partial charge is 0.378 e. The van der Waals surface area contributed by atoms with E-state index in [1.165, 1.54) is 4.90 Å². The summed E-state index contributed by atoms with van der Waals surface area (Å²) in [6, 6.07) is 17.2. The fraction of sp³-hybridized carbons (Fsp3) is 0.444. The number of likely N-dealkylation sites (tertiary alicyclic amines) is 1. The fourth-order valence-electron chi connectivity index (χ4n) is 5.90. The van der Waals surface area contributed by atoms with E-state index in [1.807, 2.05) is 61.5 Å². The Hall–Kier alpha value is -3.15. The van der Waals surface area contributed by atoms with E-state index in [9.17, 15) is 14.4 Å². The van der Waals surface area contributed by atoms with Crippen LogP contribution in [0.25, 0.3) is 0 Å². The molecule has 0 spiro atoms. The molecule has 5 rings (SSSR count). The van der Waals surface area contributed by atoms with Gasteiger partial charge in [0, 0.05) is 17.4 Å². The third kappa shape index (κ3) is 3.71. The van der Waals surface area contributed by atoms with Gasteiger partial charge < -0.3 is 10.2 Å². The number of rotatable bonds is 4. The van der Waals surface area contributed by atoms with Crippen molar-refractivity contribution in [1.82, 2.24) is 4.90 Å². The Morgan fingerprint density at radius 3 is 2.21 bits per heavy atom. The van der Waals surface area contributed by atoms with E-state index in [0.29, 0.717) is 0 Å². The second-order valence-electron chi connectivity index (χ2n) is 9.63. The first-order chi connectivity index (χ1) is 16.0. The van der Waals surface area contributed by atoms with Crippen molar-refractivity contribution in [2.75, 3.05) is 10.2 Å². The first-order valence-corrected chi connectivity index (χ1v) is 12.1. The van der Waals surface area contributed by atoms with E-state index in [0.717, 1.165) is 49.0 Å². The molecule has 2 aromatic carbocycles. The third-order valence-corrected chi connectivity index (χ3v) is 7.56. The molecule has 1 saturated carbocycles. The summed E-state index contributed by atoms with van der Waals surface area (Å²) in [5.74, 6) is -0.994. The van der Waals surface area contributed by atoms with Gasteiger partial charge >= 0.3 is 0 Å². The highest BCUT2D eigenvalue weighted by Gasteiger charge is 2.51. The molecule has 0 bridgehead atoms. The van der Waals surface area contributed by atoms with Crippen LogP contribution >= 0.6 is 0 Å². The Kier molecular flexibility index (Phi) is 5.69. The SMILES string of the molecule is C[C@H](C(=O)N1c2ccccc2[C@H](Nc2ccccc2)C[C@@H]1C)N1C(=O)[C@H]2CCCC[C@@H]2C1=O. The average molecular weight is 446 g/mol. The Morgan fingerprint density at radius 1 is 0.939 bits per heavy atom. The summed E-state index contributed by atoms with van der Waals surface area (Å²) in [6.07, 6.45) is 4.19. The lowest BCUT2D eigenvalue weighted by molar-refractivity contribution is -0.146. The molecule has 3 amide bonds. The number of imide groups is 1. The number of hydrogen-bond acceptors (Lipinski definition) is 4. The summed E-state index contributed by atoms with van der Waals surface area (Å²) in [5, 5.41) is 3.60. The molecule has 0 unspecified atom stereocenters. The molecule has 1 aliphatic carbocycles. The lowest BCUT2D eigenvalue weighted by Crippen LogP contribution is -2.54. The molecule has 2 aromatic rings. The fourth-order valence-corrected chi connectivity index (χ4v) is 5.90. The van der Waals surface area contributed by atoms with Crippen LogP contribution in [-0.2, 0) is 14.4 Å². The maximum absolute atomic E-state index is 13.8. The van der Waals surface area contributed by atoms with E-state index in [4.69, 9.17) is 0 Å². The van der Waals surface area contributed by atoms with Gasteiger partial charge in [-0.2, -0.15) is 0 Å². The van der Waals surface area contributed by atoms with E-state index >= 15 is 0 Å². The quantitative estimate of drug-likeness (QED) is 0.702. The predicted octanol–water partition coefficient (Wildman–Crippen LogP) is 4.53. The summed E-state index contributed by atoms with van der Waals surface area (Å²) in [6.45, 7) is 3.74. The second kappa shape index (κ2) is 8.65. The molecule has 1 N–H and O–H groups in total. The highest BCUT2D eigenvalue weighted by molar-refractivity contribution is 6.10. The van der Waals surface area contributed by atoms with Crippen LogP contribution in [0.4, 0.5) is 11.4 Å². The Labute approximate surface area is 194 Å². The molecule has 2 fully saturated rings. The number of nitrogens with zero attached hydrogens (tertiary/aromatic N) is 2. The summed E-state index contributed by atoms with van der Waals surface area (Å²) < 4.78 is 0. The maximum Gasteiger partial charge on any atom is 0.250 e. The molecular weight excluding hydrogens is 414 g/mol. The normalized spacial score (nSPS) is 27.7. The predicted molar refractivity (Wildman–Crippen MR) is 128 cm³/mol. The van der Waals surface area contributed by atoms with Crippen LogP contribution in [0.1, 0.15) is 57.6 Å². The number of carbonyl (C=O) groups excluding carboxylic acids is 3. The summed E-state index contributed by atoms with van der Waals surface area (Å²) in [4.78, 5) is 43.0. The Bertz CT molecular complexity index is 1050. The zero-order valence-corrected chi connectivity index (χ0v) is 19.2. The topological polar surface area (TPSA) is 69.7 Å². The van der Waals surface area contributed by atoms with Crippen LogP contribution in [0.15, 0.2) is 54.6 Å². The number of anilines is 2. The lowest BCUT2D eigenvalue weighted by Gasteiger charge is -2.41. The molecule has 33 heavy (non-hydrogen) atoms. The number of fused-ring (bicyclic) bond motifs is 2. The van der Waals surface area contributed by atoms with E-state index in [-0.39, 0.29) is 41.6 Å². The average Bonchev–Trinajstić information content (AvgIpc) is 3.09. The van der Waals surface area contributed by atoms with Crippen molar-refractivity contribution in [3.63, 3.8) is 0 Å². The van der Waals surface area contributed by atoms with Crippen molar-refractivity contribution < 1.29 is 14.4 Å². The van der Waals surface area contributed by atoms with Crippen molar-refractivity contribution >= 4 is 29.1 Å². The minimum Gasteiger partial charge on any atom is -0.378 e. The Balaban J connectivity index is 1.42. The number of nitrogens with one attached hydrogen (secondary N) is 1. The highest BCUT2D eigenvalue weighted by Crippen LogP contribution is 2.42. The van der Waals surface area contributed by atoms with Crippen molar-refractivity contribution in [3.05, 3.63) is 60.2 Å². The Morgan fingerprint density at radius 2 is 1.55 bits per heavy atom. The molecule has 5 atom stereocenters. The monoisotopic (exact) mass is 445 g/mol. The van der Waals surface area contributed by atoms with Crippen molar-refractivity contribution in [2.45, 2.75) is 64.1 Å². The minimum absolute atomic E-state index is 0.0656. The molecule has 6 nitrogen and oxygen atoms in total. The van der Waals surface area contributed by atoms with Gasteiger partial charge in [-0.1, -0.05) is 49.2 Å². The van der Waals surface area contributed by atoms with Crippen LogP contribution in [0, 0.1) is 11.8 Å². The van der Waals surface area contributed by atoms with Crippen LogP contribution in [0.2, 0.25) is 0 Å². The standard InChI is InChI=1S/C27H31N3O3/c1-17-16-23(28-19-10-4-3-5-11-19)22-14-8-9-15-24(22)29(17)25(31)18(2)30-26(32)20-12-6-7-13-21(20)27(30)33/h3-5,8-11,14-15,17-18,20-21,23,28H,6-7,12-13,16H2,1-2H3/t17-,18+,20-,21-,23+/m0/s1. The highest BCUT2D eigenvalue weighted by atomic mass is 16.2. The molecule has 3 aliphatic rings. The van der Waals surface area contributed by atoms with Gasteiger partial charge in [-0.15, -0.1) is 0 Å². The molecule has 2 aliphatic heterocycles. The van der Waals surface area contributed by atoms with Gasteiger partial charge in [0.05, 0.1) is 17.9 Å². The van der Waals surface area contributed by atoms with Crippen molar-refractivity contribution in [1.29, 1.82) is 0 Å². The minimum atomic E-state index is -0.801. The van der Waals surface area contributed by atoms with Crippen LogP contribution < -0.4 is 10.2 Å². The van der Waals surface area contributed by atoms with Crippen molar-refractivity contribution in [3.8, 4) is 0 Å². The van der Waals surface area contributed by atoms with E-state index in [1.54, 1.807) is 11.8 Å². The smallest absolute Gasteiger partial charge is 0.250 e. The maximum atomic E-state index is 13.8. The molecular formula is C27H31N3O3. The van der Waals surface area contributed by atoms with Crippen LogP contribution in [0.3, 0.4) is 0 Å². The summed E-state index contributed by atoms with van der Waals surface area (Å²) in [7, 11) is 0. The summed E-state index contributed by atoms with van der Waals surface area (Å²) >= 11 is 0. The lowest BCUT2D eigenvalue weighted by atomic mass is 9.81. The van der Waals surface area contributed by atoms with Gasteiger partial charge in [0.15, 0.2) is 0 Å². The summed E-state index contributed by atoms with van der Waals surface area (Å²) in [5.41, 5.74) is 2.93. The van der Waals surface area contributed by atoms with Gasteiger partial charge in [0.25, 0.3) is 0 Å². The van der Waals surface area contributed by atoms with Gasteiger partial charge in [-0.05, 0) is 56.9 Å². The number of para-hydroxylation sites is 2. The number of amides is 3. The zero-order valence-electron chi connectivity index (χ0n) is 19.2.